The fourth-order valence-electron chi connectivity index (χ4n) is 6.65. The van der Waals surface area contributed by atoms with Crippen molar-refractivity contribution in [3.8, 4) is 11.4 Å². The Balaban J connectivity index is 1.26. The van der Waals surface area contributed by atoms with E-state index in [1.807, 2.05) is 65.3 Å². The minimum absolute atomic E-state index is 0.0727. The molecule has 2 fully saturated rings. The maximum atomic E-state index is 14.2. The number of fused-ring (bicyclic) bond motifs is 3. The average molecular weight is 658 g/mol. The number of amides is 3. The third-order valence-electron chi connectivity index (χ3n) is 9.17. The summed E-state index contributed by atoms with van der Waals surface area (Å²) in [6.45, 7) is 5.31. The Labute approximate surface area is 279 Å². The zero-order valence-electron chi connectivity index (χ0n) is 27.6. The van der Waals surface area contributed by atoms with E-state index in [1.54, 1.807) is 27.1 Å². The lowest BCUT2D eigenvalue weighted by molar-refractivity contribution is -0.145. The molecule has 1 aliphatic carbocycles. The van der Waals surface area contributed by atoms with Crippen LogP contribution >= 0.6 is 0 Å². The monoisotopic (exact) mass is 657 g/mol. The van der Waals surface area contributed by atoms with Gasteiger partial charge < -0.3 is 30.1 Å². The number of alkyl carbamates (subject to hydrolysis) is 1. The van der Waals surface area contributed by atoms with Crippen LogP contribution in [-0.2, 0) is 19.1 Å². The van der Waals surface area contributed by atoms with Gasteiger partial charge in [-0.05, 0) is 70.7 Å². The molecular weight excluding hydrogens is 614 g/mol. The standard InChI is InChI=1S/C36H43N5O7/c1-35(2,3)48-34(46)38-27-15-11-6-4-5-8-12-23-20-36(23,33(44)45)39-31(42)30-19-26(21-40(30)32(27)43)47-25-16-17-29-28(18-25)37-22-41(29)24-13-9-7-10-14-24/h7-10,12-14,16-18,22-23,26-27,30H,4-6,11,15,19-21H2,1-3H3,(H,38,46)(H,39,42)(H,44,45)/b12-8-/t23-,26-,27+,30+,36-/m1/s1. The molecule has 12 heteroatoms. The first-order valence-electron chi connectivity index (χ1n) is 16.6. The molecule has 5 atom stereocenters. The summed E-state index contributed by atoms with van der Waals surface area (Å²) < 4.78 is 13.8. The van der Waals surface area contributed by atoms with Crippen LogP contribution in [-0.4, -0.2) is 79.3 Å². The molecule has 48 heavy (non-hydrogen) atoms. The van der Waals surface area contributed by atoms with Crippen LogP contribution in [0.3, 0.4) is 0 Å². The number of para-hydroxylation sites is 1. The number of nitrogens with one attached hydrogen (secondary N) is 2. The van der Waals surface area contributed by atoms with Crippen molar-refractivity contribution in [3.63, 3.8) is 0 Å². The number of carboxylic acid groups (broad SMARTS) is 1. The lowest BCUT2D eigenvalue weighted by atomic mass is 10.0. The summed E-state index contributed by atoms with van der Waals surface area (Å²) in [5.41, 5.74) is 0.401. The maximum absolute atomic E-state index is 14.2. The normalized spacial score (nSPS) is 27.1. The second-order valence-electron chi connectivity index (χ2n) is 13.9. The molecule has 6 rings (SSSR count). The lowest BCUT2D eigenvalue weighted by Crippen LogP contribution is -2.56. The van der Waals surface area contributed by atoms with Crippen molar-refractivity contribution in [3.05, 3.63) is 67.0 Å². The minimum atomic E-state index is -1.42. The number of carboxylic acids is 1. The van der Waals surface area contributed by atoms with Crippen molar-refractivity contribution in [2.75, 3.05) is 6.54 Å². The van der Waals surface area contributed by atoms with Crippen molar-refractivity contribution in [2.45, 2.75) is 95.0 Å². The SMILES string of the molecule is CC(C)(C)OC(=O)N[C@H]1CCCCC/C=C\[C@@H]2C[C@@]2(C(=O)O)NC(=O)[C@@H]2C[C@@H](Oc3ccc4c(c3)ncn4-c3ccccc3)CN2C1=O. The molecule has 3 aromatic rings. The number of hydrogen-bond acceptors (Lipinski definition) is 7. The Morgan fingerprint density at radius 3 is 2.62 bits per heavy atom. The predicted octanol–water partition coefficient (Wildman–Crippen LogP) is 4.75. The summed E-state index contributed by atoms with van der Waals surface area (Å²) in [6.07, 6.45) is 8.16. The Morgan fingerprint density at radius 1 is 1.08 bits per heavy atom. The Hall–Kier alpha value is -4.87. The molecule has 0 unspecified atom stereocenters. The van der Waals surface area contributed by atoms with Gasteiger partial charge >= 0.3 is 12.1 Å². The quantitative estimate of drug-likeness (QED) is 0.333. The van der Waals surface area contributed by atoms with Gasteiger partial charge in [0.2, 0.25) is 11.8 Å². The number of benzene rings is 2. The lowest BCUT2D eigenvalue weighted by Gasteiger charge is -2.30. The number of aromatic nitrogens is 2. The van der Waals surface area contributed by atoms with Gasteiger partial charge in [-0.2, -0.15) is 0 Å². The van der Waals surface area contributed by atoms with Crippen LogP contribution in [0.4, 0.5) is 4.79 Å². The van der Waals surface area contributed by atoms with Gasteiger partial charge in [-0.1, -0.05) is 43.2 Å². The zero-order chi connectivity index (χ0) is 34.1. The highest BCUT2D eigenvalue weighted by Crippen LogP contribution is 2.45. The number of nitrogens with zero attached hydrogens (tertiary/aromatic N) is 3. The number of aliphatic carboxylic acids is 1. The fourth-order valence-corrected chi connectivity index (χ4v) is 6.65. The van der Waals surface area contributed by atoms with Gasteiger partial charge in [0.15, 0.2) is 0 Å². The molecule has 2 aliphatic heterocycles. The van der Waals surface area contributed by atoms with Gasteiger partial charge in [0.1, 0.15) is 41.4 Å². The highest BCUT2D eigenvalue weighted by molar-refractivity contribution is 5.96. The predicted molar refractivity (Wildman–Crippen MR) is 178 cm³/mol. The minimum Gasteiger partial charge on any atom is -0.488 e. The molecule has 3 amide bonds. The van der Waals surface area contributed by atoms with Gasteiger partial charge in [-0.15, -0.1) is 0 Å². The molecule has 0 spiro atoms. The smallest absolute Gasteiger partial charge is 0.408 e. The van der Waals surface area contributed by atoms with E-state index in [0.717, 1.165) is 36.0 Å². The van der Waals surface area contributed by atoms with Crippen molar-refractivity contribution in [1.29, 1.82) is 0 Å². The van der Waals surface area contributed by atoms with Gasteiger partial charge in [0.25, 0.3) is 0 Å². The van der Waals surface area contributed by atoms with Crippen LogP contribution in [0.5, 0.6) is 5.75 Å². The molecule has 1 saturated heterocycles. The molecule has 12 nitrogen and oxygen atoms in total. The molecule has 1 saturated carbocycles. The number of imidazole rings is 1. The van der Waals surface area contributed by atoms with Crippen molar-refractivity contribution in [1.82, 2.24) is 25.1 Å². The van der Waals surface area contributed by atoms with Gasteiger partial charge in [0, 0.05) is 24.1 Å². The Kier molecular flexibility index (Phi) is 9.18. The number of hydrogen-bond donors (Lipinski definition) is 3. The van der Waals surface area contributed by atoms with E-state index >= 15 is 0 Å². The molecular formula is C36H43N5O7. The fraction of sp³-hybridized carbons (Fsp3) is 0.472. The second kappa shape index (κ2) is 13.3. The van der Waals surface area contributed by atoms with E-state index in [9.17, 15) is 24.3 Å². The summed E-state index contributed by atoms with van der Waals surface area (Å²) in [6, 6.07) is 13.5. The van der Waals surface area contributed by atoms with Crippen LogP contribution in [0.25, 0.3) is 16.7 Å². The molecule has 1 aromatic heterocycles. The molecule has 3 aliphatic rings. The van der Waals surface area contributed by atoms with E-state index < -0.39 is 53.2 Å². The van der Waals surface area contributed by atoms with Crippen LogP contribution in [0.2, 0.25) is 0 Å². The Bertz CT molecular complexity index is 1710. The summed E-state index contributed by atoms with van der Waals surface area (Å²) >= 11 is 0. The van der Waals surface area contributed by atoms with Crippen molar-refractivity contribution < 1.29 is 33.8 Å². The first kappa shape index (κ1) is 33.0. The summed E-state index contributed by atoms with van der Waals surface area (Å²) in [5.74, 6) is -1.90. The van der Waals surface area contributed by atoms with E-state index in [0.29, 0.717) is 18.6 Å². The van der Waals surface area contributed by atoms with E-state index in [4.69, 9.17) is 9.47 Å². The van der Waals surface area contributed by atoms with Crippen LogP contribution in [0, 0.1) is 5.92 Å². The number of allylic oxidation sites excluding steroid dienone is 1. The summed E-state index contributed by atoms with van der Waals surface area (Å²) in [7, 11) is 0. The first-order chi connectivity index (χ1) is 22.9. The Morgan fingerprint density at radius 2 is 1.88 bits per heavy atom. The van der Waals surface area contributed by atoms with Crippen LogP contribution < -0.4 is 15.4 Å². The topological polar surface area (TPSA) is 152 Å². The molecule has 254 valence electrons. The molecule has 3 heterocycles. The molecule has 0 bridgehead atoms. The summed E-state index contributed by atoms with van der Waals surface area (Å²) in [5, 5.41) is 15.6. The highest BCUT2D eigenvalue weighted by atomic mass is 16.6. The number of ether oxygens (including phenoxy) is 2. The number of carbonyl (C=O) groups excluding carboxylic acids is 3. The second-order valence-corrected chi connectivity index (χ2v) is 13.9. The summed E-state index contributed by atoms with van der Waals surface area (Å²) in [4.78, 5) is 59.3. The van der Waals surface area contributed by atoms with E-state index in [2.05, 4.69) is 15.6 Å². The molecule has 2 aromatic carbocycles. The highest BCUT2D eigenvalue weighted by Gasteiger charge is 2.61. The zero-order valence-corrected chi connectivity index (χ0v) is 27.6. The maximum Gasteiger partial charge on any atom is 0.408 e. The van der Waals surface area contributed by atoms with Gasteiger partial charge in [0.05, 0.1) is 17.6 Å². The molecule has 3 N–H and O–H groups in total. The number of carbonyl (C=O) groups is 4. The average Bonchev–Trinajstić information content (AvgIpc) is 3.35. The van der Waals surface area contributed by atoms with Crippen LogP contribution in [0.15, 0.2) is 67.0 Å². The first-order valence-corrected chi connectivity index (χ1v) is 16.6. The molecule has 0 radical (unpaired) electrons. The largest absolute Gasteiger partial charge is 0.488 e. The third-order valence-corrected chi connectivity index (χ3v) is 9.17. The van der Waals surface area contributed by atoms with E-state index in [1.165, 1.54) is 4.90 Å². The van der Waals surface area contributed by atoms with E-state index in [-0.39, 0.29) is 25.3 Å². The van der Waals surface area contributed by atoms with Crippen molar-refractivity contribution in [2.24, 2.45) is 5.92 Å². The van der Waals surface area contributed by atoms with Gasteiger partial charge in [-0.3, -0.25) is 14.2 Å². The van der Waals surface area contributed by atoms with Crippen molar-refractivity contribution >= 4 is 34.9 Å². The number of rotatable bonds is 5. The third kappa shape index (κ3) is 7.17. The van der Waals surface area contributed by atoms with Crippen LogP contribution in [0.1, 0.15) is 65.7 Å². The van der Waals surface area contributed by atoms with Gasteiger partial charge in [-0.25, -0.2) is 14.6 Å².